The van der Waals surface area contributed by atoms with Crippen LogP contribution in [0, 0.1) is 11.8 Å². The van der Waals surface area contributed by atoms with Crippen molar-refractivity contribution in [1.82, 2.24) is 5.32 Å². The summed E-state index contributed by atoms with van der Waals surface area (Å²) in [6.07, 6.45) is 0.158. The topological polar surface area (TPSA) is 206 Å². The number of aliphatic hydroxyl groups is 3. The van der Waals surface area contributed by atoms with Crippen LogP contribution in [0.4, 0.5) is 0 Å². The summed E-state index contributed by atoms with van der Waals surface area (Å²) in [5.74, 6) is -7.43. The second-order valence-corrected chi connectivity index (χ2v) is 12.8. The van der Waals surface area contributed by atoms with Crippen molar-refractivity contribution < 1.29 is 49.1 Å². The van der Waals surface area contributed by atoms with Gasteiger partial charge in [0.1, 0.15) is 23.1 Å². The smallest absolute Gasteiger partial charge is 0.323 e. The Morgan fingerprint density at radius 1 is 1.02 bits per heavy atom. The van der Waals surface area contributed by atoms with E-state index < -0.39 is 70.2 Å². The van der Waals surface area contributed by atoms with Crippen molar-refractivity contribution in [1.29, 1.82) is 0 Å². The van der Waals surface area contributed by atoms with Crippen LogP contribution >= 0.6 is 0 Å². The number of benzene rings is 3. The van der Waals surface area contributed by atoms with Gasteiger partial charge in [-0.25, -0.2) is 0 Å². The predicted molar refractivity (Wildman–Crippen MR) is 181 cm³/mol. The largest absolute Gasteiger partial charge is 0.508 e. The van der Waals surface area contributed by atoms with Crippen LogP contribution in [0.5, 0.6) is 11.5 Å². The summed E-state index contributed by atoms with van der Waals surface area (Å²) in [5.41, 5.74) is 5.08. The average Bonchev–Trinajstić information content (AvgIpc) is 3.09. The molecule has 1 unspecified atom stereocenters. The number of phenolic OH excluding ortho intramolecular Hbond substituents is 1. The Bertz CT molecular complexity index is 1970. The van der Waals surface area contributed by atoms with E-state index in [0.717, 1.165) is 11.1 Å². The highest BCUT2D eigenvalue weighted by molar-refractivity contribution is 6.22. The lowest BCUT2D eigenvalue weighted by Crippen LogP contribution is -2.58. The molecule has 0 spiro atoms. The number of carbonyl (C=O) groups excluding carboxylic acids is 4. The van der Waals surface area contributed by atoms with Crippen LogP contribution in [0.3, 0.4) is 0 Å². The summed E-state index contributed by atoms with van der Waals surface area (Å²) in [5, 5.41) is 48.6. The Kier molecular flexibility index (Phi) is 9.25. The fraction of sp³-hybridized carbons (Fsp3) is 0.316. The maximum atomic E-state index is 13.9. The molecule has 0 saturated heterocycles. The van der Waals surface area contributed by atoms with Gasteiger partial charge in [-0.15, -0.1) is 0 Å². The Morgan fingerprint density at radius 2 is 1.74 bits per heavy atom. The van der Waals surface area contributed by atoms with Crippen LogP contribution in [-0.4, -0.2) is 69.2 Å². The zero-order valence-corrected chi connectivity index (χ0v) is 27.6. The Labute approximate surface area is 287 Å². The van der Waals surface area contributed by atoms with Gasteiger partial charge in [-0.05, 0) is 72.1 Å². The summed E-state index contributed by atoms with van der Waals surface area (Å²) in [4.78, 5) is 51.5. The number of phenols is 1. The van der Waals surface area contributed by atoms with Crippen molar-refractivity contribution in [3.63, 3.8) is 0 Å². The number of carbonyl (C=O) groups is 4. The summed E-state index contributed by atoms with van der Waals surface area (Å²) >= 11 is 0. The van der Waals surface area contributed by atoms with E-state index in [0.29, 0.717) is 29.7 Å². The van der Waals surface area contributed by atoms with Crippen molar-refractivity contribution in [3.8, 4) is 22.6 Å². The monoisotopic (exact) mass is 682 g/mol. The Balaban J connectivity index is 1.38. The van der Waals surface area contributed by atoms with Crippen LogP contribution in [0.1, 0.15) is 42.0 Å². The van der Waals surface area contributed by atoms with Gasteiger partial charge in [-0.3, -0.25) is 19.2 Å². The zero-order chi connectivity index (χ0) is 35.9. The summed E-state index contributed by atoms with van der Waals surface area (Å²) in [7, 11) is 1.34. The molecule has 3 aromatic rings. The van der Waals surface area contributed by atoms with Gasteiger partial charge < -0.3 is 41.0 Å². The number of ether oxygens (including phenoxy) is 2. The third-order valence-corrected chi connectivity index (χ3v) is 9.89. The molecule has 1 fully saturated rings. The van der Waals surface area contributed by atoms with E-state index >= 15 is 0 Å². The number of nitrogens with one attached hydrogen (secondary N) is 1. The van der Waals surface area contributed by atoms with E-state index in [-0.39, 0.29) is 42.3 Å². The molecule has 6 rings (SSSR count). The summed E-state index contributed by atoms with van der Waals surface area (Å²) < 4.78 is 10.8. The fourth-order valence-corrected chi connectivity index (χ4v) is 7.50. The van der Waals surface area contributed by atoms with Gasteiger partial charge in [0.05, 0.1) is 19.3 Å². The zero-order valence-electron chi connectivity index (χ0n) is 27.6. The molecule has 0 radical (unpaired) electrons. The molecule has 0 bridgehead atoms. The molecule has 12 nitrogen and oxygen atoms in total. The molecule has 3 aliphatic rings. The third-order valence-electron chi connectivity index (χ3n) is 9.89. The van der Waals surface area contributed by atoms with E-state index in [1.807, 2.05) is 54.6 Å². The molecule has 0 aromatic heterocycles. The van der Waals surface area contributed by atoms with Crippen molar-refractivity contribution in [2.24, 2.45) is 17.6 Å². The molecule has 3 aromatic carbocycles. The third kappa shape index (κ3) is 5.80. The molecule has 1 amide bonds. The van der Waals surface area contributed by atoms with Gasteiger partial charge in [0, 0.05) is 24.5 Å². The molecular formula is C38H38N2O10. The molecular weight excluding hydrogens is 644 g/mol. The van der Waals surface area contributed by atoms with Crippen LogP contribution in [0.25, 0.3) is 16.9 Å². The van der Waals surface area contributed by atoms with E-state index in [9.17, 15) is 39.6 Å². The van der Waals surface area contributed by atoms with E-state index in [1.165, 1.54) is 7.11 Å². The first-order valence-corrected chi connectivity index (χ1v) is 16.3. The summed E-state index contributed by atoms with van der Waals surface area (Å²) in [6.45, 7) is 2.31. The van der Waals surface area contributed by atoms with Gasteiger partial charge in [-0.1, -0.05) is 48.5 Å². The number of aromatic hydroxyl groups is 1. The van der Waals surface area contributed by atoms with Crippen molar-refractivity contribution in [2.75, 3.05) is 13.7 Å². The first-order chi connectivity index (χ1) is 23.9. The van der Waals surface area contributed by atoms with Crippen molar-refractivity contribution in [3.05, 3.63) is 99.8 Å². The Morgan fingerprint density at radius 3 is 2.42 bits per heavy atom. The molecule has 12 heteroatoms. The minimum Gasteiger partial charge on any atom is -0.508 e. The number of primary amides is 1. The van der Waals surface area contributed by atoms with Crippen LogP contribution < -0.4 is 15.8 Å². The number of hydrogen-bond donors (Lipinski definition) is 6. The number of esters is 1. The highest BCUT2D eigenvalue weighted by Gasteiger charge is 2.60. The maximum Gasteiger partial charge on any atom is 0.323 e. The highest BCUT2D eigenvalue weighted by atomic mass is 16.5. The molecule has 1 saturated carbocycles. The number of methoxy groups -OCH3 is 1. The average molecular weight is 683 g/mol. The second-order valence-electron chi connectivity index (χ2n) is 12.8. The van der Waals surface area contributed by atoms with Gasteiger partial charge in [-0.2, -0.15) is 0 Å². The predicted octanol–water partition coefficient (Wildman–Crippen LogP) is 3.36. The first kappa shape index (κ1) is 34.4. The maximum absolute atomic E-state index is 13.9. The standard InChI is InChI=1S/C38H38N2O10/c1-3-50-37(47)26(13-19-8-5-4-6-9-19)40-18-20-10-7-11-21(12-20)24-17-28(49-2)32(42)30-25(24)15-22-14-23-16-27(41)31(36(39)46)35(45)38(23,48)34(44)29(22)33(30)43/h4-12,17,22-23,26,40,42-43,45,48H,3,13-16,18H2,1-2H3,(H2,39,46)/t22-,23+,26?,38+/m1/s1. The molecule has 260 valence electrons. The van der Waals surface area contributed by atoms with E-state index in [4.69, 9.17) is 15.2 Å². The number of fused-ring (bicyclic) bond motifs is 3. The number of aliphatic hydroxyl groups excluding tert-OH is 2. The minimum absolute atomic E-state index is 0.00969. The van der Waals surface area contributed by atoms with Gasteiger partial charge in [0.15, 0.2) is 22.9 Å². The van der Waals surface area contributed by atoms with Crippen LogP contribution in [-0.2, 0) is 43.3 Å². The lowest BCUT2D eigenvalue weighted by molar-refractivity contribution is -0.148. The first-order valence-electron chi connectivity index (χ1n) is 16.3. The SMILES string of the molecule is CCOC(=O)C(Cc1ccccc1)NCc1cccc(-c2cc(OC)c(O)c3c2C[C@H]2C[C@H]4CC(=O)C(C(N)=O)=C(O)[C@@]4(O)C(=O)C2=C3O)c1. The number of Topliss-reactive ketones (excluding diaryl/α,β-unsaturated/α-hetero) is 2. The van der Waals surface area contributed by atoms with Crippen LogP contribution in [0.15, 0.2) is 77.6 Å². The molecule has 0 aliphatic heterocycles. The number of nitrogens with two attached hydrogens (primary N) is 1. The highest BCUT2D eigenvalue weighted by Crippen LogP contribution is 2.54. The molecule has 4 atom stereocenters. The number of hydrogen-bond acceptors (Lipinski definition) is 11. The second kappa shape index (κ2) is 13.4. The minimum atomic E-state index is -2.66. The molecule has 7 N–H and O–H groups in total. The van der Waals surface area contributed by atoms with E-state index in [1.54, 1.807) is 13.0 Å². The van der Waals surface area contributed by atoms with Gasteiger partial charge in [0.2, 0.25) is 5.78 Å². The normalized spacial score (nSPS) is 22.0. The molecule has 0 heterocycles. The van der Waals surface area contributed by atoms with Crippen molar-refractivity contribution in [2.45, 2.75) is 50.8 Å². The number of rotatable bonds is 10. The molecule has 50 heavy (non-hydrogen) atoms. The van der Waals surface area contributed by atoms with Gasteiger partial charge in [0.25, 0.3) is 5.91 Å². The fourth-order valence-electron chi connectivity index (χ4n) is 7.50. The number of ketones is 2. The van der Waals surface area contributed by atoms with Crippen LogP contribution in [0.2, 0.25) is 0 Å². The molecule has 3 aliphatic carbocycles. The lowest BCUT2D eigenvalue weighted by Gasteiger charge is -2.46. The number of amides is 1. The van der Waals surface area contributed by atoms with Crippen molar-refractivity contribution >= 4 is 29.2 Å². The van der Waals surface area contributed by atoms with E-state index in [2.05, 4.69) is 5.32 Å². The lowest BCUT2D eigenvalue weighted by atomic mass is 9.59. The quantitative estimate of drug-likeness (QED) is 0.135. The van der Waals surface area contributed by atoms with Gasteiger partial charge >= 0.3 is 5.97 Å². The summed E-state index contributed by atoms with van der Waals surface area (Å²) in [6, 6.07) is 18.1. The Hall–Kier alpha value is -5.46.